The van der Waals surface area contributed by atoms with E-state index in [2.05, 4.69) is 33.2 Å². The van der Waals surface area contributed by atoms with E-state index in [0.717, 1.165) is 34.9 Å². The van der Waals surface area contributed by atoms with E-state index in [1.54, 1.807) is 0 Å². The fourth-order valence-corrected chi connectivity index (χ4v) is 3.70. The van der Waals surface area contributed by atoms with Crippen molar-refractivity contribution in [3.63, 3.8) is 0 Å². The normalized spacial score (nSPS) is 19.6. The summed E-state index contributed by atoms with van der Waals surface area (Å²) in [6, 6.07) is 2.16. The highest BCUT2D eigenvalue weighted by Crippen LogP contribution is 2.24. The lowest BCUT2D eigenvalue weighted by Gasteiger charge is -2.10. The molecule has 4 nitrogen and oxygen atoms in total. The molecule has 0 amide bonds. The van der Waals surface area contributed by atoms with Crippen LogP contribution in [-0.2, 0) is 7.05 Å². The predicted octanol–water partition coefficient (Wildman–Crippen LogP) is 2.44. The van der Waals surface area contributed by atoms with E-state index in [0.29, 0.717) is 0 Å². The van der Waals surface area contributed by atoms with Crippen LogP contribution in [0.5, 0.6) is 0 Å². The molecule has 1 unspecified atom stereocenters. The highest BCUT2D eigenvalue weighted by Gasteiger charge is 2.15. The summed E-state index contributed by atoms with van der Waals surface area (Å²) in [6.07, 6.45) is 3.24. The van der Waals surface area contributed by atoms with Gasteiger partial charge in [-0.25, -0.2) is 4.98 Å². The Morgan fingerprint density at radius 2 is 2.44 bits per heavy atom. The molecule has 3 heterocycles. The summed E-state index contributed by atoms with van der Waals surface area (Å²) in [4.78, 5) is 4.48. The van der Waals surface area contributed by atoms with Crippen molar-refractivity contribution in [3.05, 3.63) is 18.0 Å². The number of nitrogens with one attached hydrogen (secondary N) is 1. The van der Waals surface area contributed by atoms with Crippen LogP contribution in [0.2, 0.25) is 0 Å². The third-order valence-electron chi connectivity index (χ3n) is 3.48. The molecule has 0 bridgehead atoms. The molecule has 0 radical (unpaired) electrons. The molecule has 5 heteroatoms. The number of rotatable bonds is 3. The van der Waals surface area contributed by atoms with Gasteiger partial charge in [0.05, 0.1) is 17.6 Å². The SMILES string of the molecule is Cc1nn(C)c2ncc(NCC3CCSC3)cc12. The Labute approximate surface area is 111 Å². The maximum Gasteiger partial charge on any atom is 0.157 e. The first-order valence-corrected chi connectivity index (χ1v) is 7.50. The lowest BCUT2D eigenvalue weighted by atomic mass is 10.1. The number of fused-ring (bicyclic) bond motifs is 1. The van der Waals surface area contributed by atoms with Crippen molar-refractivity contribution in [2.24, 2.45) is 13.0 Å². The van der Waals surface area contributed by atoms with Gasteiger partial charge in [0, 0.05) is 19.0 Å². The number of aromatic nitrogens is 3. The molecule has 96 valence electrons. The fraction of sp³-hybridized carbons (Fsp3) is 0.538. The van der Waals surface area contributed by atoms with Gasteiger partial charge in [0.15, 0.2) is 5.65 Å². The molecule has 1 aliphatic rings. The zero-order chi connectivity index (χ0) is 12.5. The third-order valence-corrected chi connectivity index (χ3v) is 4.71. The van der Waals surface area contributed by atoms with Crippen molar-refractivity contribution in [2.45, 2.75) is 13.3 Å². The molecule has 1 fully saturated rings. The molecule has 2 aromatic rings. The van der Waals surface area contributed by atoms with Gasteiger partial charge in [-0.05, 0) is 36.8 Å². The first kappa shape index (κ1) is 11.8. The molecule has 1 N–H and O–H groups in total. The summed E-state index contributed by atoms with van der Waals surface area (Å²) in [5, 5.41) is 9.04. The number of hydrogen-bond donors (Lipinski definition) is 1. The van der Waals surface area contributed by atoms with Crippen LogP contribution >= 0.6 is 11.8 Å². The molecule has 18 heavy (non-hydrogen) atoms. The summed E-state index contributed by atoms with van der Waals surface area (Å²) in [5.74, 6) is 3.40. The number of aryl methyl sites for hydroxylation is 2. The predicted molar refractivity (Wildman–Crippen MR) is 77.2 cm³/mol. The Morgan fingerprint density at radius 3 is 3.22 bits per heavy atom. The van der Waals surface area contributed by atoms with Crippen LogP contribution in [0, 0.1) is 12.8 Å². The average Bonchev–Trinajstić information content (AvgIpc) is 2.97. The second-order valence-electron chi connectivity index (χ2n) is 4.91. The first-order valence-electron chi connectivity index (χ1n) is 6.35. The topological polar surface area (TPSA) is 42.7 Å². The molecule has 2 aromatic heterocycles. The molecule has 0 saturated carbocycles. The van der Waals surface area contributed by atoms with E-state index in [1.807, 2.05) is 24.9 Å². The van der Waals surface area contributed by atoms with Gasteiger partial charge in [-0.2, -0.15) is 16.9 Å². The van der Waals surface area contributed by atoms with Gasteiger partial charge >= 0.3 is 0 Å². The molecular formula is C13H18N4S. The highest BCUT2D eigenvalue weighted by molar-refractivity contribution is 7.99. The van der Waals surface area contributed by atoms with E-state index < -0.39 is 0 Å². The Bertz CT molecular complexity index is 557. The van der Waals surface area contributed by atoms with Gasteiger partial charge < -0.3 is 5.32 Å². The number of hydrogen-bond acceptors (Lipinski definition) is 4. The van der Waals surface area contributed by atoms with Gasteiger partial charge in [-0.3, -0.25) is 4.68 Å². The lowest BCUT2D eigenvalue weighted by molar-refractivity contribution is 0.632. The zero-order valence-corrected chi connectivity index (χ0v) is 11.6. The standard InChI is InChI=1S/C13H18N4S/c1-9-12-5-11(7-15-13(12)17(2)16-9)14-6-10-3-4-18-8-10/h5,7,10,14H,3-4,6,8H2,1-2H3. The van der Waals surface area contributed by atoms with Crippen LogP contribution in [0.25, 0.3) is 11.0 Å². The van der Waals surface area contributed by atoms with Gasteiger partial charge in [-0.1, -0.05) is 0 Å². The second-order valence-corrected chi connectivity index (χ2v) is 6.06. The highest BCUT2D eigenvalue weighted by atomic mass is 32.2. The van der Waals surface area contributed by atoms with E-state index in [4.69, 9.17) is 0 Å². The molecule has 1 aliphatic heterocycles. The minimum Gasteiger partial charge on any atom is -0.383 e. The average molecular weight is 262 g/mol. The van der Waals surface area contributed by atoms with Crippen molar-refractivity contribution < 1.29 is 0 Å². The van der Waals surface area contributed by atoms with Crippen LogP contribution in [0.4, 0.5) is 5.69 Å². The maximum absolute atomic E-state index is 4.48. The zero-order valence-electron chi connectivity index (χ0n) is 10.8. The second kappa shape index (κ2) is 4.80. The van der Waals surface area contributed by atoms with Crippen molar-refractivity contribution in [3.8, 4) is 0 Å². The van der Waals surface area contributed by atoms with Crippen molar-refractivity contribution >= 4 is 28.5 Å². The van der Waals surface area contributed by atoms with Crippen molar-refractivity contribution in [1.29, 1.82) is 0 Å². The summed E-state index contributed by atoms with van der Waals surface area (Å²) in [5.41, 5.74) is 3.10. The molecule has 0 spiro atoms. The van der Waals surface area contributed by atoms with Crippen LogP contribution in [0.1, 0.15) is 12.1 Å². The van der Waals surface area contributed by atoms with Gasteiger partial charge in [0.1, 0.15) is 0 Å². The van der Waals surface area contributed by atoms with E-state index in [1.165, 1.54) is 17.9 Å². The van der Waals surface area contributed by atoms with Gasteiger partial charge in [0.2, 0.25) is 0 Å². The number of thioether (sulfide) groups is 1. The molecule has 0 aliphatic carbocycles. The Balaban J connectivity index is 1.78. The molecular weight excluding hydrogens is 244 g/mol. The molecule has 1 atom stereocenters. The molecule has 1 saturated heterocycles. The summed E-state index contributed by atoms with van der Waals surface area (Å²) >= 11 is 2.06. The quantitative estimate of drug-likeness (QED) is 0.922. The van der Waals surface area contributed by atoms with Gasteiger partial charge in [-0.15, -0.1) is 0 Å². The van der Waals surface area contributed by atoms with E-state index in [-0.39, 0.29) is 0 Å². The van der Waals surface area contributed by atoms with Crippen LogP contribution in [0.15, 0.2) is 12.3 Å². The van der Waals surface area contributed by atoms with E-state index in [9.17, 15) is 0 Å². The Hall–Kier alpha value is -1.23. The molecule has 0 aromatic carbocycles. The van der Waals surface area contributed by atoms with E-state index >= 15 is 0 Å². The van der Waals surface area contributed by atoms with Gasteiger partial charge in [0.25, 0.3) is 0 Å². The minimum absolute atomic E-state index is 0.806. The van der Waals surface area contributed by atoms with Crippen LogP contribution < -0.4 is 5.32 Å². The van der Waals surface area contributed by atoms with Crippen molar-refractivity contribution in [2.75, 3.05) is 23.4 Å². The first-order chi connectivity index (χ1) is 8.74. The van der Waals surface area contributed by atoms with Crippen molar-refractivity contribution in [1.82, 2.24) is 14.8 Å². The fourth-order valence-electron chi connectivity index (χ4n) is 2.41. The summed E-state index contributed by atoms with van der Waals surface area (Å²) in [6.45, 7) is 3.08. The minimum atomic E-state index is 0.806. The van der Waals surface area contributed by atoms with Crippen LogP contribution in [-0.4, -0.2) is 32.8 Å². The number of nitrogens with zero attached hydrogens (tertiary/aromatic N) is 3. The lowest BCUT2D eigenvalue weighted by Crippen LogP contribution is -2.13. The largest absolute Gasteiger partial charge is 0.383 e. The summed E-state index contributed by atoms with van der Waals surface area (Å²) < 4.78 is 1.84. The Kier molecular flexibility index (Phi) is 3.16. The monoisotopic (exact) mass is 262 g/mol. The Morgan fingerprint density at radius 1 is 1.56 bits per heavy atom. The summed E-state index contributed by atoms with van der Waals surface area (Å²) in [7, 11) is 1.94. The number of pyridine rings is 1. The smallest absolute Gasteiger partial charge is 0.157 e. The number of anilines is 1. The maximum atomic E-state index is 4.48. The van der Waals surface area contributed by atoms with Crippen LogP contribution in [0.3, 0.4) is 0 Å². The third kappa shape index (κ3) is 2.19. The molecule has 3 rings (SSSR count).